The van der Waals surface area contributed by atoms with Crippen molar-refractivity contribution in [3.05, 3.63) is 78.4 Å². The quantitative estimate of drug-likeness (QED) is 0.525. The molecule has 1 amide bonds. The minimum absolute atomic E-state index is 0.0354. The second-order valence-corrected chi connectivity index (χ2v) is 6.79. The van der Waals surface area contributed by atoms with Crippen LogP contribution in [0.2, 0.25) is 0 Å². The Labute approximate surface area is 168 Å². The van der Waals surface area contributed by atoms with Crippen LogP contribution in [0.25, 0.3) is 0 Å². The van der Waals surface area contributed by atoms with Crippen LogP contribution < -0.4 is 19.7 Å². The van der Waals surface area contributed by atoms with Crippen LogP contribution in [0.3, 0.4) is 0 Å². The number of rotatable bonds is 5. The van der Waals surface area contributed by atoms with Crippen molar-refractivity contribution in [2.24, 2.45) is 0 Å². The summed E-state index contributed by atoms with van der Waals surface area (Å²) in [6.07, 6.45) is 0. The van der Waals surface area contributed by atoms with Crippen molar-refractivity contribution >= 4 is 23.3 Å². The highest BCUT2D eigenvalue weighted by atomic mass is 16.5. The predicted molar refractivity (Wildman–Crippen MR) is 111 cm³/mol. The third-order valence-electron chi connectivity index (χ3n) is 4.45. The Bertz CT molecular complexity index is 1030. The zero-order valence-electron chi connectivity index (χ0n) is 15.9. The number of hydrogen-bond acceptors (Lipinski definition) is 5. The average Bonchev–Trinajstić information content (AvgIpc) is 2.71. The van der Waals surface area contributed by atoms with Crippen molar-refractivity contribution in [1.82, 2.24) is 0 Å². The Hall–Kier alpha value is -3.80. The molecule has 0 fully saturated rings. The van der Waals surface area contributed by atoms with Crippen LogP contribution in [0.4, 0.5) is 11.4 Å². The lowest BCUT2D eigenvalue weighted by Gasteiger charge is -2.29. The lowest BCUT2D eigenvalue weighted by molar-refractivity contribution is -0.133. The van der Waals surface area contributed by atoms with Crippen LogP contribution in [-0.2, 0) is 9.59 Å². The number of amides is 1. The van der Waals surface area contributed by atoms with E-state index >= 15 is 0 Å². The molecule has 6 heteroatoms. The number of fused-ring (bicyclic) bond motifs is 1. The van der Waals surface area contributed by atoms with Gasteiger partial charge in [-0.15, -0.1) is 0 Å². The van der Waals surface area contributed by atoms with Crippen LogP contribution in [0.15, 0.2) is 72.8 Å². The van der Waals surface area contributed by atoms with Crippen LogP contribution in [0.5, 0.6) is 17.2 Å². The topological polar surface area (TPSA) is 67.9 Å². The number of hydrogen-bond donors (Lipinski definition) is 1. The number of benzene rings is 3. The normalized spacial score (nSPS) is 12.7. The number of esters is 1. The number of ether oxygens (including phenoxy) is 2. The molecule has 0 radical (unpaired) electrons. The molecule has 0 spiro atoms. The summed E-state index contributed by atoms with van der Waals surface area (Å²) in [6, 6.07) is 22.1. The highest BCUT2D eigenvalue weighted by Crippen LogP contribution is 2.32. The smallest absolute Gasteiger partial charge is 0.331 e. The maximum absolute atomic E-state index is 12.5. The van der Waals surface area contributed by atoms with Crippen molar-refractivity contribution in [1.29, 1.82) is 0 Å². The number of para-hydroxylation sites is 1. The zero-order chi connectivity index (χ0) is 20.2. The molecular weight excluding hydrogens is 368 g/mol. The monoisotopic (exact) mass is 388 g/mol. The molecule has 0 atom stereocenters. The predicted octanol–water partition coefficient (Wildman–Crippen LogP) is 4.15. The third-order valence-corrected chi connectivity index (χ3v) is 4.45. The minimum atomic E-state index is -0.378. The number of carbonyl (C=O) groups excluding carboxylic acids is 2. The molecule has 4 rings (SSSR count). The van der Waals surface area contributed by atoms with E-state index in [2.05, 4.69) is 5.32 Å². The Balaban J connectivity index is 1.40. The van der Waals surface area contributed by atoms with Crippen molar-refractivity contribution in [3.8, 4) is 17.2 Å². The molecule has 1 aliphatic rings. The standard InChI is InChI=1S/C23H20N2O4/c1-16-7-12-21-20(13-16)25(15-23(27)29-21)14-22(26)24-17-8-10-19(11-9-17)28-18-5-3-2-4-6-18/h2-13H,14-15H2,1H3,(H,24,26). The highest BCUT2D eigenvalue weighted by molar-refractivity contribution is 5.96. The Morgan fingerprint density at radius 3 is 2.52 bits per heavy atom. The molecular formula is C23H20N2O4. The van der Waals surface area contributed by atoms with Gasteiger partial charge in [-0.3, -0.25) is 4.79 Å². The average molecular weight is 388 g/mol. The molecule has 1 aliphatic heterocycles. The zero-order valence-corrected chi connectivity index (χ0v) is 15.9. The maximum Gasteiger partial charge on any atom is 0.331 e. The SMILES string of the molecule is Cc1ccc2c(c1)N(CC(=O)Nc1ccc(Oc3ccccc3)cc1)CC(=O)O2. The summed E-state index contributed by atoms with van der Waals surface area (Å²) in [5.74, 6) is 1.30. The third kappa shape index (κ3) is 4.55. The molecule has 0 aliphatic carbocycles. The van der Waals surface area contributed by atoms with E-state index in [-0.39, 0.29) is 25.0 Å². The molecule has 0 unspecified atom stereocenters. The minimum Gasteiger partial charge on any atom is -0.457 e. The summed E-state index contributed by atoms with van der Waals surface area (Å²) in [5.41, 5.74) is 2.42. The van der Waals surface area contributed by atoms with Gasteiger partial charge in [0.25, 0.3) is 0 Å². The van der Waals surface area contributed by atoms with Crippen molar-refractivity contribution in [3.63, 3.8) is 0 Å². The van der Waals surface area contributed by atoms with E-state index in [0.29, 0.717) is 17.2 Å². The number of nitrogens with zero attached hydrogens (tertiary/aromatic N) is 1. The van der Waals surface area contributed by atoms with E-state index in [9.17, 15) is 9.59 Å². The van der Waals surface area contributed by atoms with Gasteiger partial charge in [0.2, 0.25) is 5.91 Å². The molecule has 3 aromatic carbocycles. The maximum atomic E-state index is 12.5. The van der Waals surface area contributed by atoms with Crippen LogP contribution in [0.1, 0.15) is 5.56 Å². The van der Waals surface area contributed by atoms with Crippen LogP contribution in [0, 0.1) is 6.92 Å². The molecule has 1 heterocycles. The van der Waals surface area contributed by atoms with Crippen molar-refractivity contribution in [2.75, 3.05) is 23.3 Å². The lowest BCUT2D eigenvalue weighted by atomic mass is 10.1. The van der Waals surface area contributed by atoms with Gasteiger partial charge in [-0.2, -0.15) is 0 Å². The highest BCUT2D eigenvalue weighted by Gasteiger charge is 2.25. The van der Waals surface area contributed by atoms with E-state index < -0.39 is 0 Å². The Morgan fingerprint density at radius 2 is 1.76 bits per heavy atom. The van der Waals surface area contributed by atoms with Gasteiger partial charge in [0, 0.05) is 5.69 Å². The molecule has 29 heavy (non-hydrogen) atoms. The lowest BCUT2D eigenvalue weighted by Crippen LogP contribution is -2.41. The summed E-state index contributed by atoms with van der Waals surface area (Å²) in [7, 11) is 0. The first-order valence-electron chi connectivity index (χ1n) is 9.26. The van der Waals surface area contributed by atoms with Gasteiger partial charge in [-0.1, -0.05) is 24.3 Å². The molecule has 0 saturated carbocycles. The van der Waals surface area contributed by atoms with Crippen molar-refractivity contribution < 1.29 is 19.1 Å². The second-order valence-electron chi connectivity index (χ2n) is 6.79. The molecule has 0 saturated heterocycles. The first kappa shape index (κ1) is 18.6. The number of carbonyl (C=O) groups is 2. The van der Waals surface area contributed by atoms with E-state index in [1.54, 1.807) is 35.2 Å². The van der Waals surface area contributed by atoms with Crippen molar-refractivity contribution in [2.45, 2.75) is 6.92 Å². The summed E-state index contributed by atoms with van der Waals surface area (Å²) < 4.78 is 11.0. The van der Waals surface area contributed by atoms with Gasteiger partial charge in [0.1, 0.15) is 18.0 Å². The van der Waals surface area contributed by atoms with E-state index in [1.165, 1.54) is 0 Å². The summed E-state index contributed by atoms with van der Waals surface area (Å²) in [4.78, 5) is 26.1. The van der Waals surface area contributed by atoms with Gasteiger partial charge in [0.05, 0.1) is 12.2 Å². The fourth-order valence-corrected chi connectivity index (χ4v) is 3.10. The summed E-state index contributed by atoms with van der Waals surface area (Å²) in [5, 5.41) is 2.85. The van der Waals surface area contributed by atoms with Gasteiger partial charge < -0.3 is 19.7 Å². The fraction of sp³-hybridized carbons (Fsp3) is 0.130. The summed E-state index contributed by atoms with van der Waals surface area (Å²) in [6.45, 7) is 2.04. The van der Waals surface area contributed by atoms with E-state index in [1.807, 2.05) is 49.4 Å². The number of nitrogens with one attached hydrogen (secondary N) is 1. The first-order chi connectivity index (χ1) is 14.1. The molecule has 6 nitrogen and oxygen atoms in total. The Morgan fingerprint density at radius 1 is 1.03 bits per heavy atom. The molecule has 0 aromatic heterocycles. The van der Waals surface area contributed by atoms with Gasteiger partial charge in [0.15, 0.2) is 5.75 Å². The van der Waals surface area contributed by atoms with E-state index in [4.69, 9.17) is 9.47 Å². The number of anilines is 2. The fourth-order valence-electron chi connectivity index (χ4n) is 3.10. The van der Waals surface area contributed by atoms with Crippen LogP contribution >= 0.6 is 0 Å². The largest absolute Gasteiger partial charge is 0.457 e. The number of aryl methyl sites for hydroxylation is 1. The second kappa shape index (κ2) is 8.06. The van der Waals surface area contributed by atoms with E-state index in [0.717, 1.165) is 17.0 Å². The Kier molecular flexibility index (Phi) is 5.16. The van der Waals surface area contributed by atoms with Gasteiger partial charge >= 0.3 is 5.97 Å². The van der Waals surface area contributed by atoms with Gasteiger partial charge in [-0.05, 0) is 61.0 Å². The molecule has 1 N–H and O–H groups in total. The molecule has 3 aromatic rings. The van der Waals surface area contributed by atoms with Gasteiger partial charge in [-0.25, -0.2) is 4.79 Å². The first-order valence-corrected chi connectivity index (χ1v) is 9.26. The molecule has 146 valence electrons. The molecule has 0 bridgehead atoms. The van der Waals surface area contributed by atoms with Crippen LogP contribution in [-0.4, -0.2) is 25.0 Å². The summed E-state index contributed by atoms with van der Waals surface area (Å²) >= 11 is 0.